The van der Waals surface area contributed by atoms with Gasteiger partial charge >= 0.3 is 0 Å². The summed E-state index contributed by atoms with van der Waals surface area (Å²) in [6.07, 6.45) is 6.84. The fourth-order valence-electron chi connectivity index (χ4n) is 2.69. The Kier molecular flexibility index (Phi) is 6.35. The number of para-hydroxylation sites is 2. The maximum absolute atomic E-state index is 6.07. The highest BCUT2D eigenvalue weighted by Crippen LogP contribution is 2.30. The lowest BCUT2D eigenvalue weighted by Crippen LogP contribution is -2.20. The number of benzene rings is 1. The van der Waals surface area contributed by atoms with Crippen LogP contribution in [-0.2, 0) is 0 Å². The van der Waals surface area contributed by atoms with Crippen molar-refractivity contribution in [3.63, 3.8) is 0 Å². The van der Waals surface area contributed by atoms with Gasteiger partial charge in [0.1, 0.15) is 0 Å². The van der Waals surface area contributed by atoms with Crippen molar-refractivity contribution < 1.29 is 9.47 Å². The number of hydrogen-bond donors (Lipinski definition) is 0. The highest BCUT2D eigenvalue weighted by atomic mass is 16.5. The summed E-state index contributed by atoms with van der Waals surface area (Å²) in [5.74, 6) is 4.06. The van der Waals surface area contributed by atoms with Crippen LogP contribution in [0.5, 0.6) is 11.5 Å². The summed E-state index contributed by atoms with van der Waals surface area (Å²) in [6.45, 7) is 10.6. The molecule has 22 heavy (non-hydrogen) atoms. The molecule has 2 heteroatoms. The lowest BCUT2D eigenvalue weighted by Gasteiger charge is -2.24. The van der Waals surface area contributed by atoms with E-state index in [2.05, 4.69) is 39.8 Å². The second-order valence-corrected chi connectivity index (χ2v) is 7.02. The normalized spacial score (nSPS) is 24.6. The van der Waals surface area contributed by atoms with Crippen LogP contribution in [0.25, 0.3) is 0 Å². The van der Waals surface area contributed by atoms with Gasteiger partial charge in [0.2, 0.25) is 0 Å². The van der Waals surface area contributed by atoms with E-state index in [1.807, 2.05) is 24.3 Å². The second-order valence-electron chi connectivity index (χ2n) is 7.02. The lowest BCUT2D eigenvalue weighted by atomic mass is 9.91. The van der Waals surface area contributed by atoms with Gasteiger partial charge in [-0.1, -0.05) is 52.0 Å². The molecule has 1 aliphatic rings. The van der Waals surface area contributed by atoms with Gasteiger partial charge < -0.3 is 9.47 Å². The van der Waals surface area contributed by atoms with Crippen molar-refractivity contribution in [2.45, 2.75) is 40.5 Å². The highest BCUT2D eigenvalue weighted by Gasteiger charge is 2.18. The summed E-state index contributed by atoms with van der Waals surface area (Å²) in [6, 6.07) is 8.05. The number of hydrogen-bond acceptors (Lipinski definition) is 2. The van der Waals surface area contributed by atoms with Gasteiger partial charge in [-0.05, 0) is 48.6 Å². The molecule has 0 aliphatic carbocycles. The van der Waals surface area contributed by atoms with E-state index in [0.717, 1.165) is 37.6 Å². The smallest absolute Gasteiger partial charge is 0.161 e. The van der Waals surface area contributed by atoms with Crippen molar-refractivity contribution in [3.8, 4) is 11.5 Å². The number of fused-ring (bicyclic) bond motifs is 1. The SMILES string of the molecule is CC(C)[C@@H]1C/C=C\C[C@H](C(C)C)COc2ccccc2OC1. The molecular formula is C20H30O2. The van der Waals surface area contributed by atoms with E-state index in [4.69, 9.17) is 9.47 Å². The molecule has 1 heterocycles. The van der Waals surface area contributed by atoms with Gasteiger partial charge in [0.25, 0.3) is 0 Å². The molecule has 1 aromatic rings. The van der Waals surface area contributed by atoms with Gasteiger partial charge in [0.05, 0.1) is 13.2 Å². The Morgan fingerprint density at radius 1 is 0.773 bits per heavy atom. The first-order chi connectivity index (χ1) is 10.6. The molecule has 0 fully saturated rings. The number of allylic oxidation sites excluding steroid dienone is 2. The van der Waals surface area contributed by atoms with Crippen LogP contribution in [0.2, 0.25) is 0 Å². The summed E-state index contributed by atoms with van der Waals surface area (Å²) in [5, 5.41) is 0. The van der Waals surface area contributed by atoms with Crippen LogP contribution >= 0.6 is 0 Å². The topological polar surface area (TPSA) is 18.5 Å². The van der Waals surface area contributed by atoms with E-state index in [0.29, 0.717) is 23.7 Å². The Bertz CT molecular complexity index is 433. The largest absolute Gasteiger partial charge is 0.489 e. The standard InChI is InChI=1S/C20H30O2/c1-15(2)17-9-5-6-10-18(16(3)4)14-22-20-12-8-7-11-19(20)21-13-17/h5-8,11-12,15-18H,9-10,13-14H2,1-4H3/b6-5-/t17-,18+. The molecule has 0 saturated carbocycles. The molecule has 0 spiro atoms. The van der Waals surface area contributed by atoms with Crippen LogP contribution in [-0.4, -0.2) is 13.2 Å². The summed E-state index contributed by atoms with van der Waals surface area (Å²) in [4.78, 5) is 0. The fraction of sp³-hybridized carbons (Fsp3) is 0.600. The first-order valence-electron chi connectivity index (χ1n) is 8.57. The minimum Gasteiger partial charge on any atom is -0.489 e. The Morgan fingerprint density at radius 3 is 1.55 bits per heavy atom. The molecule has 0 N–H and O–H groups in total. The van der Waals surface area contributed by atoms with Gasteiger partial charge in [-0.3, -0.25) is 0 Å². The summed E-state index contributed by atoms with van der Waals surface area (Å²) >= 11 is 0. The van der Waals surface area contributed by atoms with Gasteiger partial charge in [-0.25, -0.2) is 0 Å². The molecule has 1 aliphatic heterocycles. The zero-order valence-corrected chi connectivity index (χ0v) is 14.4. The van der Waals surface area contributed by atoms with Gasteiger partial charge in [-0.15, -0.1) is 0 Å². The first kappa shape index (κ1) is 16.9. The molecule has 122 valence electrons. The molecule has 0 saturated heterocycles. The molecule has 0 aromatic heterocycles. The van der Waals surface area contributed by atoms with Crippen molar-refractivity contribution in [1.29, 1.82) is 0 Å². The van der Waals surface area contributed by atoms with Crippen molar-refractivity contribution in [1.82, 2.24) is 0 Å². The summed E-state index contributed by atoms with van der Waals surface area (Å²) < 4.78 is 12.1. The predicted octanol–water partition coefficient (Wildman–Crippen LogP) is 5.34. The molecule has 0 unspecified atom stereocenters. The number of ether oxygens (including phenoxy) is 2. The van der Waals surface area contributed by atoms with E-state index in [9.17, 15) is 0 Å². The van der Waals surface area contributed by atoms with Crippen LogP contribution in [0, 0.1) is 23.7 Å². The second kappa shape index (κ2) is 8.26. The van der Waals surface area contributed by atoms with Crippen molar-refractivity contribution in [2.24, 2.45) is 23.7 Å². The van der Waals surface area contributed by atoms with Crippen molar-refractivity contribution >= 4 is 0 Å². The third kappa shape index (κ3) is 4.79. The molecule has 2 rings (SSSR count). The average molecular weight is 302 g/mol. The molecular weight excluding hydrogens is 272 g/mol. The zero-order chi connectivity index (χ0) is 15.9. The summed E-state index contributed by atoms with van der Waals surface area (Å²) in [7, 11) is 0. The molecule has 0 amide bonds. The van der Waals surface area contributed by atoms with Gasteiger partial charge in [0, 0.05) is 0 Å². The Hall–Kier alpha value is -1.44. The molecule has 0 bridgehead atoms. The zero-order valence-electron chi connectivity index (χ0n) is 14.4. The van der Waals surface area contributed by atoms with Crippen LogP contribution in [0.1, 0.15) is 40.5 Å². The van der Waals surface area contributed by atoms with E-state index in [-0.39, 0.29) is 0 Å². The lowest BCUT2D eigenvalue weighted by molar-refractivity contribution is 0.178. The summed E-state index contributed by atoms with van der Waals surface area (Å²) in [5.41, 5.74) is 0. The van der Waals surface area contributed by atoms with Crippen LogP contribution < -0.4 is 9.47 Å². The van der Waals surface area contributed by atoms with Crippen LogP contribution in [0.15, 0.2) is 36.4 Å². The van der Waals surface area contributed by atoms with Gasteiger partial charge in [0.15, 0.2) is 11.5 Å². The molecule has 0 radical (unpaired) electrons. The molecule has 1 aromatic carbocycles. The van der Waals surface area contributed by atoms with E-state index in [1.54, 1.807) is 0 Å². The molecule has 2 nitrogen and oxygen atoms in total. The molecule has 2 atom stereocenters. The fourth-order valence-corrected chi connectivity index (χ4v) is 2.69. The average Bonchev–Trinajstić information content (AvgIpc) is 2.47. The Morgan fingerprint density at radius 2 is 1.18 bits per heavy atom. The maximum Gasteiger partial charge on any atom is 0.161 e. The Labute approximate surface area is 135 Å². The maximum atomic E-state index is 6.07. The van der Waals surface area contributed by atoms with Crippen molar-refractivity contribution in [2.75, 3.05) is 13.2 Å². The van der Waals surface area contributed by atoms with Crippen LogP contribution in [0.4, 0.5) is 0 Å². The van der Waals surface area contributed by atoms with E-state index < -0.39 is 0 Å². The van der Waals surface area contributed by atoms with E-state index >= 15 is 0 Å². The van der Waals surface area contributed by atoms with Gasteiger partial charge in [-0.2, -0.15) is 0 Å². The minimum atomic E-state index is 0.543. The van der Waals surface area contributed by atoms with Crippen LogP contribution in [0.3, 0.4) is 0 Å². The van der Waals surface area contributed by atoms with E-state index in [1.165, 1.54) is 0 Å². The minimum absolute atomic E-state index is 0.543. The Balaban J connectivity index is 2.19. The highest BCUT2D eigenvalue weighted by molar-refractivity contribution is 5.39. The third-order valence-corrected chi connectivity index (χ3v) is 4.68. The van der Waals surface area contributed by atoms with Crippen molar-refractivity contribution in [3.05, 3.63) is 36.4 Å². The third-order valence-electron chi connectivity index (χ3n) is 4.68. The number of rotatable bonds is 2. The predicted molar refractivity (Wildman–Crippen MR) is 92.5 cm³/mol. The quantitative estimate of drug-likeness (QED) is 0.687. The first-order valence-corrected chi connectivity index (χ1v) is 8.57. The monoisotopic (exact) mass is 302 g/mol.